The average Bonchev–Trinajstić information content (AvgIpc) is 2.17. The van der Waals surface area contributed by atoms with E-state index in [2.05, 4.69) is 0 Å². The molecule has 0 amide bonds. The third-order valence-corrected chi connectivity index (χ3v) is 2.00. The summed E-state index contributed by atoms with van der Waals surface area (Å²) in [5.41, 5.74) is 12.9. The van der Waals surface area contributed by atoms with Gasteiger partial charge in [0.05, 0.1) is 19.6 Å². The molecular formula is C10H13N3O. The van der Waals surface area contributed by atoms with Gasteiger partial charge >= 0.3 is 0 Å². The second-order valence-electron chi connectivity index (χ2n) is 2.96. The Morgan fingerprint density at radius 3 is 2.79 bits per heavy atom. The Morgan fingerprint density at radius 1 is 1.57 bits per heavy atom. The fourth-order valence-corrected chi connectivity index (χ4v) is 1.23. The molecule has 0 heterocycles. The van der Waals surface area contributed by atoms with E-state index in [-0.39, 0.29) is 12.5 Å². The zero-order valence-corrected chi connectivity index (χ0v) is 8.03. The maximum atomic E-state index is 8.49. The Bertz CT molecular complexity index is 357. The number of hydrogen-bond donors (Lipinski definition) is 2. The molecule has 0 spiro atoms. The SMILES string of the molecule is COc1ccc(C(N)CC#N)c(N)c1. The summed E-state index contributed by atoms with van der Waals surface area (Å²) in [6.45, 7) is 0. The summed E-state index contributed by atoms with van der Waals surface area (Å²) in [4.78, 5) is 0. The molecule has 0 aliphatic rings. The lowest BCUT2D eigenvalue weighted by Gasteiger charge is -2.12. The van der Waals surface area contributed by atoms with Gasteiger partial charge in [-0.3, -0.25) is 0 Å². The molecule has 74 valence electrons. The number of nitrogens with two attached hydrogens (primary N) is 2. The number of nitrogens with zero attached hydrogens (tertiary/aromatic N) is 1. The van der Waals surface area contributed by atoms with Crippen LogP contribution in [0.5, 0.6) is 5.75 Å². The van der Waals surface area contributed by atoms with Gasteiger partial charge in [0.25, 0.3) is 0 Å². The van der Waals surface area contributed by atoms with Gasteiger partial charge in [-0.05, 0) is 11.6 Å². The van der Waals surface area contributed by atoms with Crippen molar-refractivity contribution >= 4 is 5.69 Å². The minimum absolute atomic E-state index is 0.260. The van der Waals surface area contributed by atoms with Gasteiger partial charge in [0.1, 0.15) is 5.75 Å². The predicted octanol–water partition coefficient (Wildman–Crippen LogP) is 1.19. The summed E-state index contributed by atoms with van der Waals surface area (Å²) >= 11 is 0. The molecule has 0 saturated heterocycles. The smallest absolute Gasteiger partial charge is 0.120 e. The van der Waals surface area contributed by atoms with Gasteiger partial charge in [-0.2, -0.15) is 5.26 Å². The molecule has 0 aliphatic heterocycles. The molecule has 1 aromatic carbocycles. The van der Waals surface area contributed by atoms with E-state index >= 15 is 0 Å². The van der Waals surface area contributed by atoms with E-state index in [9.17, 15) is 0 Å². The molecule has 1 atom stereocenters. The highest BCUT2D eigenvalue weighted by molar-refractivity contribution is 5.52. The zero-order valence-electron chi connectivity index (χ0n) is 8.03. The Kier molecular flexibility index (Phi) is 3.32. The first kappa shape index (κ1) is 10.4. The van der Waals surface area contributed by atoms with Crippen LogP contribution in [0.3, 0.4) is 0 Å². The molecule has 0 aliphatic carbocycles. The number of ether oxygens (including phenoxy) is 1. The van der Waals surface area contributed by atoms with Crippen LogP contribution in [0, 0.1) is 11.3 Å². The van der Waals surface area contributed by atoms with Crippen molar-refractivity contribution in [3.63, 3.8) is 0 Å². The van der Waals surface area contributed by atoms with Crippen LogP contribution in [0.1, 0.15) is 18.0 Å². The van der Waals surface area contributed by atoms with Crippen molar-refractivity contribution in [3.8, 4) is 11.8 Å². The van der Waals surface area contributed by atoms with Crippen molar-refractivity contribution < 1.29 is 4.74 Å². The molecule has 0 fully saturated rings. The second kappa shape index (κ2) is 4.49. The van der Waals surface area contributed by atoms with E-state index in [0.717, 1.165) is 5.56 Å². The molecule has 4 nitrogen and oxygen atoms in total. The molecule has 1 aromatic rings. The van der Waals surface area contributed by atoms with Crippen LogP contribution in [0.15, 0.2) is 18.2 Å². The van der Waals surface area contributed by atoms with Gasteiger partial charge in [0.15, 0.2) is 0 Å². The van der Waals surface area contributed by atoms with Gasteiger partial charge in [0, 0.05) is 17.8 Å². The Hall–Kier alpha value is -1.73. The highest BCUT2D eigenvalue weighted by Gasteiger charge is 2.09. The average molecular weight is 191 g/mol. The van der Waals surface area contributed by atoms with Crippen LogP contribution >= 0.6 is 0 Å². The van der Waals surface area contributed by atoms with Crippen LogP contribution in [-0.4, -0.2) is 7.11 Å². The molecule has 0 saturated carbocycles. The van der Waals surface area contributed by atoms with Crippen LogP contribution in [-0.2, 0) is 0 Å². The summed E-state index contributed by atoms with van der Waals surface area (Å²) in [7, 11) is 1.57. The lowest BCUT2D eigenvalue weighted by Crippen LogP contribution is -2.11. The van der Waals surface area contributed by atoms with Crippen molar-refractivity contribution in [2.24, 2.45) is 5.73 Å². The molecule has 4 heteroatoms. The van der Waals surface area contributed by atoms with E-state index < -0.39 is 0 Å². The lowest BCUT2D eigenvalue weighted by molar-refractivity contribution is 0.415. The van der Waals surface area contributed by atoms with E-state index in [1.807, 2.05) is 6.07 Å². The summed E-state index contributed by atoms with van der Waals surface area (Å²) in [5.74, 6) is 0.690. The Morgan fingerprint density at radius 2 is 2.29 bits per heavy atom. The Balaban J connectivity index is 2.94. The largest absolute Gasteiger partial charge is 0.497 e. The fourth-order valence-electron chi connectivity index (χ4n) is 1.23. The molecule has 0 aromatic heterocycles. The molecule has 0 radical (unpaired) electrons. The first-order valence-corrected chi connectivity index (χ1v) is 4.25. The number of anilines is 1. The highest BCUT2D eigenvalue weighted by atomic mass is 16.5. The number of rotatable bonds is 3. The van der Waals surface area contributed by atoms with Crippen LogP contribution < -0.4 is 16.2 Å². The fraction of sp³-hybridized carbons (Fsp3) is 0.300. The molecule has 14 heavy (non-hydrogen) atoms. The zero-order chi connectivity index (χ0) is 10.6. The van der Waals surface area contributed by atoms with Gasteiger partial charge in [-0.1, -0.05) is 6.07 Å². The van der Waals surface area contributed by atoms with E-state index in [0.29, 0.717) is 11.4 Å². The summed E-state index contributed by atoms with van der Waals surface area (Å²) in [6, 6.07) is 6.95. The maximum Gasteiger partial charge on any atom is 0.120 e. The van der Waals surface area contributed by atoms with Crippen LogP contribution in [0.4, 0.5) is 5.69 Å². The topological polar surface area (TPSA) is 85.1 Å². The predicted molar refractivity (Wildman–Crippen MR) is 54.6 cm³/mol. The van der Waals surface area contributed by atoms with Crippen molar-refractivity contribution in [2.45, 2.75) is 12.5 Å². The van der Waals surface area contributed by atoms with Crippen LogP contribution in [0.2, 0.25) is 0 Å². The van der Waals surface area contributed by atoms with Crippen molar-refractivity contribution in [1.82, 2.24) is 0 Å². The molecule has 4 N–H and O–H groups in total. The first-order chi connectivity index (χ1) is 6.69. The minimum atomic E-state index is -0.328. The van der Waals surface area contributed by atoms with Gasteiger partial charge < -0.3 is 16.2 Å². The number of nitriles is 1. The molecule has 1 rings (SSSR count). The minimum Gasteiger partial charge on any atom is -0.497 e. The van der Waals surface area contributed by atoms with Gasteiger partial charge in [0.2, 0.25) is 0 Å². The number of nitrogen functional groups attached to an aromatic ring is 1. The summed E-state index contributed by atoms with van der Waals surface area (Å²) in [5, 5.41) is 8.49. The van der Waals surface area contributed by atoms with Crippen molar-refractivity contribution in [3.05, 3.63) is 23.8 Å². The third-order valence-electron chi connectivity index (χ3n) is 2.00. The molecule has 1 unspecified atom stereocenters. The third kappa shape index (κ3) is 2.15. The van der Waals surface area contributed by atoms with E-state index in [1.165, 1.54) is 0 Å². The molecule has 0 bridgehead atoms. The van der Waals surface area contributed by atoms with Crippen LogP contribution in [0.25, 0.3) is 0 Å². The van der Waals surface area contributed by atoms with Gasteiger partial charge in [-0.15, -0.1) is 0 Å². The maximum absolute atomic E-state index is 8.49. The summed E-state index contributed by atoms with van der Waals surface area (Å²) < 4.78 is 5.00. The standard InChI is InChI=1S/C10H13N3O/c1-14-7-2-3-8(10(13)6-7)9(12)4-5-11/h2-3,6,9H,4,12-13H2,1H3. The normalized spacial score (nSPS) is 11.8. The monoisotopic (exact) mass is 191 g/mol. The number of benzene rings is 1. The lowest BCUT2D eigenvalue weighted by atomic mass is 10.0. The number of methoxy groups -OCH3 is 1. The molecular weight excluding hydrogens is 178 g/mol. The second-order valence-corrected chi connectivity index (χ2v) is 2.96. The number of hydrogen-bond acceptors (Lipinski definition) is 4. The van der Waals surface area contributed by atoms with Crippen molar-refractivity contribution in [2.75, 3.05) is 12.8 Å². The quantitative estimate of drug-likeness (QED) is 0.703. The van der Waals surface area contributed by atoms with E-state index in [4.69, 9.17) is 21.5 Å². The summed E-state index contributed by atoms with van der Waals surface area (Å²) in [6.07, 6.45) is 0.260. The van der Waals surface area contributed by atoms with Crippen molar-refractivity contribution in [1.29, 1.82) is 5.26 Å². The first-order valence-electron chi connectivity index (χ1n) is 4.25. The van der Waals surface area contributed by atoms with E-state index in [1.54, 1.807) is 25.3 Å². The van der Waals surface area contributed by atoms with Gasteiger partial charge in [-0.25, -0.2) is 0 Å². The Labute approximate surface area is 83.1 Å². The highest BCUT2D eigenvalue weighted by Crippen LogP contribution is 2.25.